The number of nitrogens with one attached hydrogen (secondary N) is 3. The van der Waals surface area contributed by atoms with Gasteiger partial charge in [0, 0.05) is 0 Å². The van der Waals surface area contributed by atoms with Crippen LogP contribution in [0.4, 0.5) is 9.18 Å². The van der Waals surface area contributed by atoms with Crippen LogP contribution in [0.15, 0.2) is 0 Å². The molecule has 0 aromatic rings. The minimum absolute atomic E-state index is 0.0207. The number of nitrogens with two attached hydrogens (primary N) is 1. The molecule has 0 aromatic carbocycles. The van der Waals surface area contributed by atoms with Crippen molar-refractivity contribution in [2.75, 3.05) is 6.54 Å². The molecule has 5 N–H and O–H groups in total. The van der Waals surface area contributed by atoms with Crippen LogP contribution in [0.25, 0.3) is 0 Å². The number of carbonyl (C=O) groups is 2. The number of hydrogen-bond donors (Lipinski definition) is 4. The molecule has 0 aliphatic carbocycles. The van der Waals surface area contributed by atoms with Gasteiger partial charge >= 0.3 is 6.03 Å². The zero-order valence-electron chi connectivity index (χ0n) is 16.3. The van der Waals surface area contributed by atoms with Crippen molar-refractivity contribution in [3.63, 3.8) is 0 Å². The van der Waals surface area contributed by atoms with Gasteiger partial charge < -0.3 is 20.5 Å². The van der Waals surface area contributed by atoms with Crippen molar-refractivity contribution in [2.24, 2.45) is 11.7 Å². The van der Waals surface area contributed by atoms with Crippen LogP contribution in [0, 0.1) is 5.92 Å². The van der Waals surface area contributed by atoms with Crippen molar-refractivity contribution in [2.45, 2.75) is 88.6 Å². The lowest BCUT2D eigenvalue weighted by atomic mass is 9.91. The number of ether oxygens (including phenoxy) is 2. The van der Waals surface area contributed by atoms with Gasteiger partial charge in [-0.2, -0.15) is 0 Å². The lowest BCUT2D eigenvalue weighted by molar-refractivity contribution is -0.152. The van der Waals surface area contributed by atoms with E-state index in [-0.39, 0.29) is 43.0 Å². The maximum Gasteiger partial charge on any atom is 0.320 e. The van der Waals surface area contributed by atoms with Gasteiger partial charge in [0.05, 0.1) is 30.3 Å². The molecular weight excluding hydrogens is 369 g/mol. The third-order valence-corrected chi connectivity index (χ3v) is 6.30. The Morgan fingerprint density at radius 1 is 1.21 bits per heavy atom. The van der Waals surface area contributed by atoms with E-state index in [1.54, 1.807) is 0 Å². The number of halogens is 1. The number of fused-ring (bicyclic) bond motifs is 3. The molecule has 0 aromatic heterocycles. The quantitative estimate of drug-likeness (QED) is 0.483. The standard InChI is InChI=1S/C18H30FN5O4/c1-8-3-4-9(2)28-17-10(14(20)25)7-11(19)16(23-17)24-13-12(27-8)5-6-21-15(13)22-18(24)26/h8-13,15-17,21,23H,3-7H2,1-2H3,(H2,20,25)(H,22,26)/t8-,9+,10?,11?,12?,13?,15?,16?,17?/m1/s1. The van der Waals surface area contributed by atoms with Crippen LogP contribution in [0.1, 0.15) is 39.5 Å². The first-order valence-electron chi connectivity index (χ1n) is 10.2. The third-order valence-electron chi connectivity index (χ3n) is 6.30. The van der Waals surface area contributed by atoms with Crippen molar-refractivity contribution in [1.82, 2.24) is 20.9 Å². The topological polar surface area (TPSA) is 118 Å². The highest BCUT2D eigenvalue weighted by molar-refractivity contribution is 5.79. The van der Waals surface area contributed by atoms with Crippen molar-refractivity contribution < 1.29 is 23.5 Å². The van der Waals surface area contributed by atoms with E-state index in [0.29, 0.717) is 0 Å². The maximum atomic E-state index is 15.1. The van der Waals surface area contributed by atoms with E-state index < -0.39 is 30.4 Å². The summed E-state index contributed by atoms with van der Waals surface area (Å²) in [5.74, 6) is -1.39. The summed E-state index contributed by atoms with van der Waals surface area (Å²) in [7, 11) is 0. The van der Waals surface area contributed by atoms with Crippen molar-refractivity contribution in [1.29, 1.82) is 0 Å². The molecule has 7 unspecified atom stereocenters. The SMILES string of the molecule is C[C@@H]1CC[C@H](C)OC2NC(C(F)CC2C(N)=O)N2C(=O)NC3NCCC(O1)C32. The minimum Gasteiger partial charge on any atom is -0.373 e. The molecule has 10 heteroatoms. The summed E-state index contributed by atoms with van der Waals surface area (Å²) in [6, 6.07) is -0.700. The van der Waals surface area contributed by atoms with E-state index in [2.05, 4.69) is 16.0 Å². The summed E-state index contributed by atoms with van der Waals surface area (Å²) in [6.07, 6.45) is -1.59. The predicted octanol–water partition coefficient (Wildman–Crippen LogP) is -0.243. The largest absolute Gasteiger partial charge is 0.373 e. The van der Waals surface area contributed by atoms with Gasteiger partial charge in [-0.3, -0.25) is 20.3 Å². The van der Waals surface area contributed by atoms with Crippen LogP contribution in [0.2, 0.25) is 0 Å². The average Bonchev–Trinajstić information content (AvgIpc) is 2.97. The number of hydrogen-bond acceptors (Lipinski definition) is 6. The molecule has 2 bridgehead atoms. The Labute approximate surface area is 163 Å². The molecule has 9 atom stereocenters. The Morgan fingerprint density at radius 3 is 2.64 bits per heavy atom. The summed E-state index contributed by atoms with van der Waals surface area (Å²) in [5.41, 5.74) is 5.51. The van der Waals surface area contributed by atoms with Crippen LogP contribution in [0.5, 0.6) is 0 Å². The van der Waals surface area contributed by atoms with Crippen LogP contribution in [-0.2, 0) is 14.3 Å². The van der Waals surface area contributed by atoms with E-state index in [1.165, 1.54) is 4.90 Å². The average molecular weight is 399 g/mol. The third kappa shape index (κ3) is 3.58. The second-order valence-electron chi connectivity index (χ2n) is 8.37. The number of carbonyl (C=O) groups excluding carboxylic acids is 2. The maximum absolute atomic E-state index is 15.1. The van der Waals surface area contributed by atoms with E-state index in [0.717, 1.165) is 25.8 Å². The smallest absolute Gasteiger partial charge is 0.320 e. The predicted molar refractivity (Wildman–Crippen MR) is 97.6 cm³/mol. The van der Waals surface area contributed by atoms with E-state index in [4.69, 9.17) is 15.2 Å². The number of amides is 3. The monoisotopic (exact) mass is 399 g/mol. The Hall–Kier alpha value is -1.49. The van der Waals surface area contributed by atoms with Crippen molar-refractivity contribution in [3.05, 3.63) is 0 Å². The van der Waals surface area contributed by atoms with Crippen LogP contribution in [0.3, 0.4) is 0 Å². The van der Waals surface area contributed by atoms with E-state index >= 15 is 4.39 Å². The molecular formula is C18H30FN5O4. The fourth-order valence-electron chi connectivity index (χ4n) is 4.86. The zero-order chi connectivity index (χ0) is 20.0. The summed E-state index contributed by atoms with van der Waals surface area (Å²) >= 11 is 0. The zero-order valence-corrected chi connectivity index (χ0v) is 16.3. The highest BCUT2D eigenvalue weighted by atomic mass is 19.1. The highest BCUT2D eigenvalue weighted by Crippen LogP contribution is 2.33. The first-order chi connectivity index (χ1) is 13.3. The van der Waals surface area contributed by atoms with Gasteiger partial charge in [-0.05, 0) is 46.1 Å². The second kappa shape index (κ2) is 7.74. The van der Waals surface area contributed by atoms with Crippen LogP contribution in [-0.4, -0.2) is 72.5 Å². The van der Waals surface area contributed by atoms with Gasteiger partial charge in [-0.25, -0.2) is 9.18 Å². The number of nitrogens with zero attached hydrogens (tertiary/aromatic N) is 1. The summed E-state index contributed by atoms with van der Waals surface area (Å²) in [6.45, 7) is 4.64. The lowest BCUT2D eigenvalue weighted by Crippen LogP contribution is -2.68. The first-order valence-corrected chi connectivity index (χ1v) is 10.2. The van der Waals surface area contributed by atoms with Crippen molar-refractivity contribution >= 4 is 11.9 Å². The van der Waals surface area contributed by atoms with E-state index in [9.17, 15) is 9.59 Å². The summed E-state index contributed by atoms with van der Waals surface area (Å²) in [4.78, 5) is 26.2. The molecule has 4 saturated heterocycles. The van der Waals surface area contributed by atoms with Gasteiger partial charge in [-0.15, -0.1) is 0 Å². The molecule has 4 heterocycles. The summed E-state index contributed by atoms with van der Waals surface area (Å²) < 4.78 is 27.5. The van der Waals surface area contributed by atoms with Crippen LogP contribution >= 0.6 is 0 Å². The second-order valence-corrected chi connectivity index (χ2v) is 8.37. The number of urea groups is 1. The lowest BCUT2D eigenvalue weighted by Gasteiger charge is -2.47. The fourth-order valence-corrected chi connectivity index (χ4v) is 4.86. The molecule has 158 valence electrons. The van der Waals surface area contributed by atoms with Crippen LogP contribution < -0.4 is 21.7 Å². The number of piperidine rings is 2. The highest BCUT2D eigenvalue weighted by Gasteiger charge is 2.54. The minimum atomic E-state index is -1.44. The molecule has 28 heavy (non-hydrogen) atoms. The molecule has 4 aliphatic heterocycles. The van der Waals surface area contributed by atoms with Gasteiger partial charge in [0.1, 0.15) is 24.7 Å². The molecule has 0 spiro atoms. The number of alkyl halides is 1. The van der Waals surface area contributed by atoms with Gasteiger partial charge in [0.15, 0.2) is 0 Å². The molecule has 3 amide bonds. The fraction of sp³-hybridized carbons (Fsp3) is 0.889. The first kappa shape index (κ1) is 19.8. The van der Waals surface area contributed by atoms with Crippen molar-refractivity contribution in [3.8, 4) is 0 Å². The van der Waals surface area contributed by atoms with Gasteiger partial charge in [0.25, 0.3) is 0 Å². The van der Waals surface area contributed by atoms with Gasteiger partial charge in [-0.1, -0.05) is 0 Å². The molecule has 9 nitrogen and oxygen atoms in total. The van der Waals surface area contributed by atoms with E-state index in [1.807, 2.05) is 13.8 Å². The Bertz CT molecular complexity index is 625. The number of rotatable bonds is 1. The number of primary amides is 1. The molecule has 4 aliphatic rings. The molecule has 4 rings (SSSR count). The Kier molecular flexibility index (Phi) is 5.47. The van der Waals surface area contributed by atoms with Gasteiger partial charge in [0.2, 0.25) is 5.91 Å². The molecule has 0 saturated carbocycles. The molecule has 0 radical (unpaired) electrons. The normalized spacial score (nSPS) is 46.8. The summed E-state index contributed by atoms with van der Waals surface area (Å²) in [5, 5.41) is 9.24. The molecule has 4 fully saturated rings. The Morgan fingerprint density at radius 2 is 1.93 bits per heavy atom. The Balaban J connectivity index is 1.68.